The van der Waals surface area contributed by atoms with Crippen molar-refractivity contribution in [3.63, 3.8) is 0 Å². The molecule has 1 N–H and O–H groups in total. The highest BCUT2D eigenvalue weighted by atomic mass is 16.3. The number of aliphatic hydroxyl groups excluding tert-OH is 1. The van der Waals surface area contributed by atoms with Gasteiger partial charge in [-0.15, -0.1) is 0 Å². The number of nitrogens with zero attached hydrogens (tertiary/aromatic N) is 2. The number of rotatable bonds is 4. The van der Waals surface area contributed by atoms with E-state index in [-0.39, 0.29) is 18.3 Å². The van der Waals surface area contributed by atoms with E-state index in [0.29, 0.717) is 38.5 Å². The maximum atomic E-state index is 12.2. The third-order valence-electron chi connectivity index (χ3n) is 4.22. The third-order valence-corrected chi connectivity index (χ3v) is 4.22. The highest BCUT2D eigenvalue weighted by Crippen LogP contribution is 2.19. The van der Waals surface area contributed by atoms with E-state index >= 15 is 0 Å². The van der Waals surface area contributed by atoms with Crippen LogP contribution in [0.4, 0.5) is 0 Å². The van der Waals surface area contributed by atoms with E-state index in [9.17, 15) is 9.59 Å². The van der Waals surface area contributed by atoms with Gasteiger partial charge >= 0.3 is 0 Å². The molecule has 5 nitrogen and oxygen atoms in total. The first-order valence-corrected chi connectivity index (χ1v) is 7.35. The van der Waals surface area contributed by atoms with Gasteiger partial charge in [-0.25, -0.2) is 0 Å². The molecule has 0 radical (unpaired) electrons. The van der Waals surface area contributed by atoms with Crippen LogP contribution in [0, 0.1) is 0 Å². The summed E-state index contributed by atoms with van der Waals surface area (Å²) >= 11 is 0. The van der Waals surface area contributed by atoms with Gasteiger partial charge in [0.25, 0.3) is 0 Å². The van der Waals surface area contributed by atoms with Crippen LogP contribution in [-0.4, -0.2) is 65.4 Å². The Morgan fingerprint density at radius 3 is 2.63 bits per heavy atom. The van der Waals surface area contributed by atoms with E-state index in [2.05, 4.69) is 4.90 Å². The largest absolute Gasteiger partial charge is 0.396 e. The van der Waals surface area contributed by atoms with Crippen LogP contribution in [-0.2, 0) is 9.59 Å². The van der Waals surface area contributed by atoms with E-state index in [1.807, 2.05) is 4.90 Å². The Hall–Kier alpha value is -0.940. The van der Waals surface area contributed by atoms with Gasteiger partial charge in [0.1, 0.15) is 5.78 Å². The Balaban J connectivity index is 1.84. The van der Waals surface area contributed by atoms with Crippen LogP contribution in [0.15, 0.2) is 0 Å². The minimum Gasteiger partial charge on any atom is -0.396 e. The fraction of sp³-hybridized carbons (Fsp3) is 0.857. The number of aliphatic hydroxyl groups is 1. The van der Waals surface area contributed by atoms with Crippen molar-refractivity contribution >= 4 is 11.7 Å². The van der Waals surface area contributed by atoms with E-state index in [4.69, 9.17) is 5.11 Å². The second kappa shape index (κ2) is 7.01. The fourth-order valence-corrected chi connectivity index (χ4v) is 3.02. The molecular weight excluding hydrogens is 244 g/mol. The Labute approximate surface area is 114 Å². The molecule has 5 heteroatoms. The molecule has 2 heterocycles. The predicted octanol–water partition coefficient (Wildman–Crippen LogP) is 0.415. The monoisotopic (exact) mass is 268 g/mol. The van der Waals surface area contributed by atoms with Crippen molar-refractivity contribution in [3.05, 3.63) is 0 Å². The fourth-order valence-electron chi connectivity index (χ4n) is 3.02. The highest BCUT2D eigenvalue weighted by molar-refractivity contribution is 5.84. The van der Waals surface area contributed by atoms with Crippen molar-refractivity contribution in [2.45, 2.75) is 44.6 Å². The summed E-state index contributed by atoms with van der Waals surface area (Å²) in [5.74, 6) is 0.400. The zero-order valence-electron chi connectivity index (χ0n) is 11.5. The molecular formula is C14H24N2O3. The number of Topliss-reactive ketones (excluding diaryl/α,β-unsaturated/α-hetero) is 1. The molecule has 2 rings (SSSR count). The lowest BCUT2D eigenvalue weighted by Crippen LogP contribution is -2.48. The molecule has 1 amide bonds. The molecule has 1 atom stereocenters. The van der Waals surface area contributed by atoms with Crippen LogP contribution >= 0.6 is 0 Å². The van der Waals surface area contributed by atoms with Crippen molar-refractivity contribution in [2.75, 3.05) is 32.8 Å². The van der Waals surface area contributed by atoms with Gasteiger partial charge in [-0.1, -0.05) is 6.42 Å². The zero-order valence-corrected chi connectivity index (χ0v) is 11.5. The number of amides is 1. The Morgan fingerprint density at radius 1 is 1.21 bits per heavy atom. The first-order valence-electron chi connectivity index (χ1n) is 7.35. The van der Waals surface area contributed by atoms with Gasteiger partial charge in [0.05, 0.1) is 6.54 Å². The van der Waals surface area contributed by atoms with Crippen LogP contribution in [0.1, 0.15) is 38.5 Å². The van der Waals surface area contributed by atoms with Crippen LogP contribution in [0.25, 0.3) is 0 Å². The molecule has 2 saturated heterocycles. The van der Waals surface area contributed by atoms with E-state index in [0.717, 1.165) is 25.8 Å². The maximum absolute atomic E-state index is 12.2. The summed E-state index contributed by atoms with van der Waals surface area (Å²) in [7, 11) is 0. The standard InChI is InChI=1S/C14H24N2O3/c17-10-6-12-3-1-2-7-16(12)11-14(19)15-8-4-13(18)5-9-15/h12,17H,1-11H2. The van der Waals surface area contributed by atoms with Gasteiger partial charge in [0.2, 0.25) is 5.91 Å². The Morgan fingerprint density at radius 2 is 1.95 bits per heavy atom. The number of likely N-dealkylation sites (tertiary alicyclic amines) is 2. The van der Waals surface area contributed by atoms with Gasteiger partial charge in [0, 0.05) is 38.6 Å². The van der Waals surface area contributed by atoms with Crippen LogP contribution in [0.2, 0.25) is 0 Å². The third kappa shape index (κ3) is 4.01. The normalized spacial score (nSPS) is 25.6. The summed E-state index contributed by atoms with van der Waals surface area (Å²) in [6.07, 6.45) is 5.16. The number of piperidine rings is 2. The lowest BCUT2D eigenvalue weighted by molar-refractivity contribution is -0.136. The second-order valence-corrected chi connectivity index (χ2v) is 5.55. The number of ketones is 1. The molecule has 0 bridgehead atoms. The number of hydrogen-bond acceptors (Lipinski definition) is 4. The average Bonchev–Trinajstić information content (AvgIpc) is 2.42. The number of carbonyl (C=O) groups excluding carboxylic acids is 2. The minimum absolute atomic E-state index is 0.136. The van der Waals surface area contributed by atoms with Gasteiger partial charge < -0.3 is 10.0 Å². The zero-order chi connectivity index (χ0) is 13.7. The van der Waals surface area contributed by atoms with Gasteiger partial charge in [0.15, 0.2) is 0 Å². The Kier molecular flexibility index (Phi) is 5.34. The first-order chi connectivity index (χ1) is 9.20. The summed E-state index contributed by atoms with van der Waals surface area (Å²) < 4.78 is 0. The number of hydrogen-bond donors (Lipinski definition) is 1. The first kappa shape index (κ1) is 14.5. The topological polar surface area (TPSA) is 60.9 Å². The molecule has 19 heavy (non-hydrogen) atoms. The average molecular weight is 268 g/mol. The molecule has 1 unspecified atom stereocenters. The predicted molar refractivity (Wildman–Crippen MR) is 71.7 cm³/mol. The quantitative estimate of drug-likeness (QED) is 0.802. The summed E-state index contributed by atoms with van der Waals surface area (Å²) in [4.78, 5) is 27.4. The minimum atomic E-state index is 0.136. The molecule has 0 aromatic rings. The second-order valence-electron chi connectivity index (χ2n) is 5.55. The lowest BCUT2D eigenvalue weighted by atomic mass is 9.99. The smallest absolute Gasteiger partial charge is 0.236 e. The lowest BCUT2D eigenvalue weighted by Gasteiger charge is -2.36. The summed E-state index contributed by atoms with van der Waals surface area (Å²) in [5.41, 5.74) is 0. The summed E-state index contributed by atoms with van der Waals surface area (Å²) in [5, 5.41) is 9.09. The molecule has 0 aromatic carbocycles. The molecule has 0 spiro atoms. The molecule has 2 aliphatic heterocycles. The van der Waals surface area contributed by atoms with Crippen LogP contribution in [0.3, 0.4) is 0 Å². The van der Waals surface area contributed by atoms with Gasteiger partial charge in [-0.2, -0.15) is 0 Å². The van der Waals surface area contributed by atoms with Crippen molar-refractivity contribution in [2.24, 2.45) is 0 Å². The van der Waals surface area contributed by atoms with E-state index < -0.39 is 0 Å². The molecule has 0 aromatic heterocycles. The molecule has 0 saturated carbocycles. The maximum Gasteiger partial charge on any atom is 0.236 e. The van der Waals surface area contributed by atoms with Crippen molar-refractivity contribution < 1.29 is 14.7 Å². The van der Waals surface area contributed by atoms with Crippen molar-refractivity contribution in [1.82, 2.24) is 9.80 Å². The van der Waals surface area contributed by atoms with Crippen LogP contribution < -0.4 is 0 Å². The summed E-state index contributed by atoms with van der Waals surface area (Å²) in [6, 6.07) is 0.342. The Bertz CT molecular complexity index is 321. The molecule has 108 valence electrons. The van der Waals surface area contributed by atoms with E-state index in [1.54, 1.807) is 0 Å². The molecule has 0 aliphatic carbocycles. The van der Waals surface area contributed by atoms with Gasteiger partial charge in [-0.3, -0.25) is 14.5 Å². The molecule has 2 aliphatic rings. The SMILES string of the molecule is O=C1CCN(C(=O)CN2CCCCC2CCO)CC1. The summed E-state index contributed by atoms with van der Waals surface area (Å²) in [6.45, 7) is 2.74. The van der Waals surface area contributed by atoms with Crippen LogP contribution in [0.5, 0.6) is 0 Å². The molecule has 2 fully saturated rings. The highest BCUT2D eigenvalue weighted by Gasteiger charge is 2.27. The number of carbonyl (C=O) groups is 2. The van der Waals surface area contributed by atoms with Crippen molar-refractivity contribution in [3.8, 4) is 0 Å². The van der Waals surface area contributed by atoms with E-state index in [1.165, 1.54) is 6.42 Å². The van der Waals surface area contributed by atoms with Gasteiger partial charge in [-0.05, 0) is 25.8 Å². The van der Waals surface area contributed by atoms with Crippen molar-refractivity contribution in [1.29, 1.82) is 0 Å².